The molecule has 2 nitrogen and oxygen atoms in total. The lowest BCUT2D eigenvalue weighted by molar-refractivity contribution is -0.117. The van der Waals surface area contributed by atoms with Crippen molar-refractivity contribution in [2.24, 2.45) is 0 Å². The first-order valence-electron chi connectivity index (χ1n) is 6.77. The van der Waals surface area contributed by atoms with Gasteiger partial charge in [0.05, 0.1) is 11.2 Å². The normalized spacial score (nSPS) is 15.2. The molecule has 3 rings (SSSR count). The molecule has 0 radical (unpaired) electrons. The van der Waals surface area contributed by atoms with Gasteiger partial charge in [-0.15, -0.1) is 0 Å². The van der Waals surface area contributed by atoms with Gasteiger partial charge in [0.1, 0.15) is 5.82 Å². The minimum atomic E-state index is -0.240. The fourth-order valence-corrected chi connectivity index (χ4v) is 3.49. The fraction of sp³-hybridized carbons (Fsp3) is 0.235. The maximum Gasteiger partial charge on any atom is 0.231 e. The van der Waals surface area contributed by atoms with Crippen molar-refractivity contribution in [1.82, 2.24) is 0 Å². The Hall–Kier alpha value is -1.68. The largest absolute Gasteiger partial charge is 0.315 e. The van der Waals surface area contributed by atoms with Crippen LogP contribution < -0.4 is 4.90 Å². The molecule has 1 aliphatic heterocycles. The van der Waals surface area contributed by atoms with Gasteiger partial charge in [0, 0.05) is 12.7 Å². The molecule has 1 heterocycles. The predicted molar refractivity (Wildman–Crippen MR) is 85.5 cm³/mol. The van der Waals surface area contributed by atoms with Crippen molar-refractivity contribution in [2.45, 2.75) is 18.2 Å². The summed E-state index contributed by atoms with van der Waals surface area (Å²) in [7, 11) is 1.79. The monoisotopic (exact) mass is 347 g/mol. The van der Waals surface area contributed by atoms with Crippen molar-refractivity contribution in [3.63, 3.8) is 0 Å². The van der Waals surface area contributed by atoms with Crippen LogP contribution in [0.3, 0.4) is 0 Å². The van der Waals surface area contributed by atoms with Crippen LogP contribution in [-0.4, -0.2) is 13.0 Å². The molecule has 108 valence electrons. The lowest BCUT2D eigenvalue weighted by Gasteiger charge is -2.16. The molecule has 1 unspecified atom stereocenters. The summed E-state index contributed by atoms with van der Waals surface area (Å²) in [5.74, 6) is -0.133. The van der Waals surface area contributed by atoms with E-state index < -0.39 is 0 Å². The van der Waals surface area contributed by atoms with Gasteiger partial charge in [-0.05, 0) is 47.4 Å². The summed E-state index contributed by atoms with van der Waals surface area (Å²) < 4.78 is 13.5. The van der Waals surface area contributed by atoms with Crippen LogP contribution >= 0.6 is 15.9 Å². The summed E-state index contributed by atoms with van der Waals surface area (Å²) in [6.07, 6.45) is 0.432. The number of halogens is 2. The number of nitrogens with zero attached hydrogens (tertiary/aromatic N) is 1. The number of likely N-dealkylation sites (N-methyl/N-ethyl adjacent to an activating group) is 1. The Morgan fingerprint density at radius 3 is 2.76 bits per heavy atom. The molecule has 4 heteroatoms. The SMILES string of the molecule is Cc1ccc(F)cc1C(Br)c1ccc2c(c1)CC(=O)N2C. The Bertz CT molecular complexity index is 729. The maximum atomic E-state index is 13.5. The first-order chi connectivity index (χ1) is 9.97. The van der Waals surface area contributed by atoms with Gasteiger partial charge in [0.25, 0.3) is 0 Å². The highest BCUT2D eigenvalue weighted by Gasteiger charge is 2.25. The topological polar surface area (TPSA) is 20.3 Å². The van der Waals surface area contributed by atoms with Crippen LogP contribution in [0.1, 0.15) is 27.1 Å². The maximum absolute atomic E-state index is 13.5. The molecule has 2 aromatic rings. The zero-order chi connectivity index (χ0) is 15.1. The van der Waals surface area contributed by atoms with E-state index in [9.17, 15) is 9.18 Å². The molecule has 21 heavy (non-hydrogen) atoms. The number of hydrogen-bond donors (Lipinski definition) is 0. The Kier molecular flexibility index (Phi) is 3.57. The first-order valence-corrected chi connectivity index (χ1v) is 7.68. The summed E-state index contributed by atoms with van der Waals surface area (Å²) in [6, 6.07) is 10.8. The van der Waals surface area contributed by atoms with Crippen LogP contribution in [0.15, 0.2) is 36.4 Å². The Labute approximate surface area is 131 Å². The van der Waals surface area contributed by atoms with Crippen molar-refractivity contribution < 1.29 is 9.18 Å². The number of rotatable bonds is 2. The van der Waals surface area contributed by atoms with Crippen molar-refractivity contribution in [1.29, 1.82) is 0 Å². The molecule has 0 spiro atoms. The molecule has 0 N–H and O–H groups in total. The smallest absolute Gasteiger partial charge is 0.231 e. The number of alkyl halides is 1. The Morgan fingerprint density at radius 2 is 2.00 bits per heavy atom. The number of benzene rings is 2. The molecular weight excluding hydrogens is 333 g/mol. The summed E-state index contributed by atoms with van der Waals surface area (Å²) >= 11 is 3.65. The van der Waals surface area contributed by atoms with Gasteiger partial charge in [-0.1, -0.05) is 34.1 Å². The highest BCUT2D eigenvalue weighted by atomic mass is 79.9. The molecule has 0 aliphatic carbocycles. The van der Waals surface area contributed by atoms with Crippen molar-refractivity contribution in [2.75, 3.05) is 11.9 Å². The number of fused-ring (bicyclic) bond motifs is 1. The van der Waals surface area contributed by atoms with Crippen LogP contribution in [-0.2, 0) is 11.2 Å². The average molecular weight is 348 g/mol. The fourth-order valence-electron chi connectivity index (χ4n) is 2.71. The third-order valence-electron chi connectivity index (χ3n) is 3.99. The van der Waals surface area contributed by atoms with Gasteiger partial charge in [-0.3, -0.25) is 4.79 Å². The summed E-state index contributed by atoms with van der Waals surface area (Å²) in [6.45, 7) is 1.97. The van der Waals surface area contributed by atoms with Gasteiger partial charge in [0.15, 0.2) is 0 Å². The summed E-state index contributed by atoms with van der Waals surface area (Å²) in [5.41, 5.74) is 4.96. The average Bonchev–Trinajstić information content (AvgIpc) is 2.75. The van der Waals surface area contributed by atoms with E-state index in [0.29, 0.717) is 6.42 Å². The van der Waals surface area contributed by atoms with Gasteiger partial charge in [-0.2, -0.15) is 0 Å². The number of hydrogen-bond acceptors (Lipinski definition) is 1. The summed E-state index contributed by atoms with van der Waals surface area (Å²) in [4.78, 5) is 13.3. The van der Waals surface area contributed by atoms with E-state index in [-0.39, 0.29) is 16.6 Å². The molecular formula is C17H15BrFNO. The van der Waals surface area contributed by atoms with E-state index in [1.165, 1.54) is 6.07 Å². The molecule has 0 saturated heterocycles. The highest BCUT2D eigenvalue weighted by molar-refractivity contribution is 9.09. The van der Waals surface area contributed by atoms with Crippen LogP contribution in [0.2, 0.25) is 0 Å². The minimum absolute atomic E-state index is 0.0838. The van der Waals surface area contributed by atoms with E-state index in [0.717, 1.165) is 27.9 Å². The number of carbonyl (C=O) groups excluding carboxylic acids is 1. The lowest BCUT2D eigenvalue weighted by atomic mass is 9.98. The summed E-state index contributed by atoms with van der Waals surface area (Å²) in [5, 5.41) is 0. The minimum Gasteiger partial charge on any atom is -0.315 e. The van der Waals surface area contributed by atoms with Crippen LogP contribution in [0.4, 0.5) is 10.1 Å². The van der Waals surface area contributed by atoms with Crippen molar-refractivity contribution >= 4 is 27.5 Å². The van der Waals surface area contributed by atoms with E-state index in [2.05, 4.69) is 15.9 Å². The second-order valence-electron chi connectivity index (χ2n) is 5.38. The lowest BCUT2D eigenvalue weighted by Crippen LogP contribution is -2.20. The van der Waals surface area contributed by atoms with E-state index in [1.807, 2.05) is 25.1 Å². The van der Waals surface area contributed by atoms with Gasteiger partial charge in [-0.25, -0.2) is 4.39 Å². The standard InChI is InChI=1S/C17H15BrFNO/c1-10-3-5-13(19)9-14(10)17(18)11-4-6-15-12(7-11)8-16(21)20(15)2/h3-7,9,17H,8H2,1-2H3. The van der Waals surface area contributed by atoms with Crippen molar-refractivity contribution in [3.8, 4) is 0 Å². The Balaban J connectivity index is 2.00. The molecule has 1 amide bonds. The van der Waals surface area contributed by atoms with Crippen molar-refractivity contribution in [3.05, 3.63) is 64.5 Å². The molecule has 1 atom stereocenters. The number of aryl methyl sites for hydroxylation is 1. The van der Waals surface area contributed by atoms with Crippen LogP contribution in [0.5, 0.6) is 0 Å². The second kappa shape index (κ2) is 5.26. The molecule has 0 bridgehead atoms. The zero-order valence-corrected chi connectivity index (χ0v) is 13.4. The van der Waals surface area contributed by atoms with E-state index >= 15 is 0 Å². The third kappa shape index (κ3) is 2.48. The number of carbonyl (C=O) groups is 1. The molecule has 0 aromatic heterocycles. The zero-order valence-electron chi connectivity index (χ0n) is 11.9. The van der Waals surface area contributed by atoms with Crippen LogP contribution in [0, 0.1) is 12.7 Å². The highest BCUT2D eigenvalue weighted by Crippen LogP contribution is 2.37. The first kappa shape index (κ1) is 14.3. The number of amides is 1. The van der Waals surface area contributed by atoms with Gasteiger partial charge in [0.2, 0.25) is 5.91 Å². The van der Waals surface area contributed by atoms with Crippen LogP contribution in [0.25, 0.3) is 0 Å². The Morgan fingerprint density at radius 1 is 1.24 bits per heavy atom. The van der Waals surface area contributed by atoms with Gasteiger partial charge >= 0.3 is 0 Å². The molecule has 2 aromatic carbocycles. The van der Waals surface area contributed by atoms with E-state index in [4.69, 9.17) is 0 Å². The second-order valence-corrected chi connectivity index (χ2v) is 6.30. The van der Waals surface area contributed by atoms with E-state index in [1.54, 1.807) is 24.1 Å². The quantitative estimate of drug-likeness (QED) is 0.747. The molecule has 1 aliphatic rings. The molecule has 0 fully saturated rings. The van der Waals surface area contributed by atoms with Gasteiger partial charge < -0.3 is 4.90 Å². The predicted octanol–water partition coefficient (Wildman–Crippen LogP) is 4.14. The molecule has 0 saturated carbocycles. The third-order valence-corrected chi connectivity index (χ3v) is 5.01. The number of anilines is 1.